The highest BCUT2D eigenvalue weighted by Crippen LogP contribution is 2.45. The monoisotopic (exact) mass is 1440 g/mol. The fourth-order valence-corrected chi connectivity index (χ4v) is 13.7. The number of unbranched alkanes of at least 4 members (excludes halogenated alkanes) is 45. The van der Waals surface area contributed by atoms with E-state index in [0.29, 0.717) is 25.7 Å². The molecule has 0 amide bonds. The topological polar surface area (TPSA) is 237 Å². The van der Waals surface area contributed by atoms with E-state index in [0.717, 1.165) is 108 Å². The van der Waals surface area contributed by atoms with Gasteiger partial charge in [0.15, 0.2) is 12.2 Å². The minimum Gasteiger partial charge on any atom is -0.462 e. The third-order valence-corrected chi connectivity index (χ3v) is 20.3. The molecule has 0 aromatic heterocycles. The summed E-state index contributed by atoms with van der Waals surface area (Å²) in [4.78, 5) is 73.0. The van der Waals surface area contributed by atoms with Gasteiger partial charge in [0.05, 0.1) is 26.4 Å². The van der Waals surface area contributed by atoms with Crippen molar-refractivity contribution in [2.24, 2.45) is 17.8 Å². The third-order valence-electron chi connectivity index (χ3n) is 18.4. The molecule has 0 rings (SSSR count). The van der Waals surface area contributed by atoms with Crippen LogP contribution in [0.15, 0.2) is 0 Å². The Balaban J connectivity index is 5.25. The molecule has 0 aliphatic carbocycles. The minimum atomic E-state index is -4.96. The lowest BCUT2D eigenvalue weighted by molar-refractivity contribution is -0.161. The van der Waals surface area contributed by atoms with Crippen molar-refractivity contribution >= 4 is 39.5 Å². The molecule has 0 spiro atoms. The number of hydrogen-bond acceptors (Lipinski definition) is 15. The molecule has 0 aromatic carbocycles. The van der Waals surface area contributed by atoms with Gasteiger partial charge in [-0.05, 0) is 43.4 Å². The number of phosphoric acid groups is 2. The van der Waals surface area contributed by atoms with Crippen molar-refractivity contribution in [3.63, 3.8) is 0 Å². The van der Waals surface area contributed by atoms with Gasteiger partial charge in [0.25, 0.3) is 0 Å². The molecule has 0 saturated heterocycles. The average molecular weight is 1440 g/mol. The van der Waals surface area contributed by atoms with Crippen molar-refractivity contribution in [1.82, 2.24) is 0 Å². The molecule has 0 saturated carbocycles. The zero-order valence-electron chi connectivity index (χ0n) is 64.3. The first-order valence-electron chi connectivity index (χ1n) is 40.8. The van der Waals surface area contributed by atoms with Crippen LogP contribution in [-0.4, -0.2) is 96.7 Å². The summed E-state index contributed by atoms with van der Waals surface area (Å²) in [6.45, 7) is 11.9. The van der Waals surface area contributed by atoms with E-state index in [1.807, 2.05) is 0 Å². The van der Waals surface area contributed by atoms with E-state index in [-0.39, 0.29) is 25.7 Å². The van der Waals surface area contributed by atoms with E-state index in [4.69, 9.17) is 37.0 Å². The van der Waals surface area contributed by atoms with Crippen LogP contribution in [0.1, 0.15) is 408 Å². The largest absolute Gasteiger partial charge is 0.472 e. The van der Waals surface area contributed by atoms with E-state index >= 15 is 0 Å². The lowest BCUT2D eigenvalue weighted by Gasteiger charge is -2.21. The zero-order chi connectivity index (χ0) is 72.3. The summed E-state index contributed by atoms with van der Waals surface area (Å²) in [5.41, 5.74) is 0. The lowest BCUT2D eigenvalue weighted by Crippen LogP contribution is -2.30. The number of esters is 4. The van der Waals surface area contributed by atoms with Crippen molar-refractivity contribution in [2.75, 3.05) is 39.6 Å². The van der Waals surface area contributed by atoms with Gasteiger partial charge >= 0.3 is 39.5 Å². The highest BCUT2D eigenvalue weighted by Gasteiger charge is 2.30. The molecular formula is C79H154O17P2. The summed E-state index contributed by atoms with van der Waals surface area (Å²) in [6.07, 6.45) is 56.9. The predicted molar refractivity (Wildman–Crippen MR) is 400 cm³/mol. The third kappa shape index (κ3) is 72.4. The van der Waals surface area contributed by atoms with Crippen molar-refractivity contribution < 1.29 is 80.2 Å². The molecule has 17 nitrogen and oxygen atoms in total. The first-order valence-corrected chi connectivity index (χ1v) is 43.8. The Kier molecular flexibility index (Phi) is 68.1. The predicted octanol–water partition coefficient (Wildman–Crippen LogP) is 23.4. The fraction of sp³-hybridized carbons (Fsp3) is 0.949. The van der Waals surface area contributed by atoms with E-state index in [1.54, 1.807) is 0 Å². The molecule has 0 aromatic rings. The van der Waals surface area contributed by atoms with Crippen LogP contribution >= 0.6 is 15.6 Å². The molecule has 582 valence electrons. The minimum absolute atomic E-state index is 0.105. The highest BCUT2D eigenvalue weighted by atomic mass is 31.2. The number of carbonyl (C=O) groups is 4. The molecule has 19 heteroatoms. The zero-order valence-corrected chi connectivity index (χ0v) is 66.0. The maximum absolute atomic E-state index is 13.1. The molecule has 98 heavy (non-hydrogen) atoms. The van der Waals surface area contributed by atoms with Crippen LogP contribution in [0.3, 0.4) is 0 Å². The maximum Gasteiger partial charge on any atom is 0.472 e. The molecule has 0 aliphatic heterocycles. The van der Waals surface area contributed by atoms with Crippen molar-refractivity contribution in [3.8, 4) is 0 Å². The van der Waals surface area contributed by atoms with E-state index in [2.05, 4.69) is 48.5 Å². The second kappa shape index (κ2) is 69.4. The Morgan fingerprint density at radius 1 is 0.276 bits per heavy atom. The number of ether oxygens (including phenoxy) is 4. The van der Waals surface area contributed by atoms with Crippen molar-refractivity contribution in [3.05, 3.63) is 0 Å². The SMILES string of the molecule is CCCCCCCCCCCCCCCCCCC(=O)OC[C@H](COP(=O)(O)OC[C@@H](O)COP(=O)(O)OC[C@@H](COC(=O)CCCCCCCCCCC(C)C)OC(=O)CCCCCCCCCCCCC(C)C)OC(=O)CCCCCCCCCCCCCCCCCC(C)C. The molecule has 0 radical (unpaired) electrons. The number of aliphatic hydroxyl groups excluding tert-OH is 1. The first-order chi connectivity index (χ1) is 47.2. The van der Waals surface area contributed by atoms with Crippen LogP contribution in [0.5, 0.6) is 0 Å². The smallest absolute Gasteiger partial charge is 0.462 e. The van der Waals surface area contributed by atoms with Gasteiger partial charge in [0.2, 0.25) is 0 Å². The molecule has 2 unspecified atom stereocenters. The first kappa shape index (κ1) is 96.1. The standard InChI is InChI=1S/C79H154O17P2/c1-8-9-10-11-12-13-14-15-16-19-22-25-31-39-46-53-60-76(81)89-66-74(95-78(83)62-55-48-41-32-26-23-20-17-18-21-24-29-36-43-50-57-70(2)3)68-93-97(85,86)91-64-73(80)65-92-98(87,88)94-69-75(67-90-77(82)61-54-47-40-35-34-38-45-52-59-72(6)7)96-79(84)63-56-49-42-33-28-27-30-37-44-51-58-71(4)5/h70-75,80H,8-69H2,1-7H3,(H,85,86)(H,87,88)/t73-,74-,75-/m1/s1. The van der Waals surface area contributed by atoms with Gasteiger partial charge < -0.3 is 33.8 Å². The number of aliphatic hydroxyl groups is 1. The van der Waals surface area contributed by atoms with E-state index in [9.17, 15) is 43.2 Å². The Hall–Kier alpha value is -1.94. The molecule has 5 atom stereocenters. The number of hydrogen-bond donors (Lipinski definition) is 3. The summed E-state index contributed by atoms with van der Waals surface area (Å²) >= 11 is 0. The summed E-state index contributed by atoms with van der Waals surface area (Å²) in [5.74, 6) is 0.167. The van der Waals surface area contributed by atoms with Gasteiger partial charge in [-0.2, -0.15) is 0 Å². The average Bonchev–Trinajstić information content (AvgIpc) is 1.14. The summed E-state index contributed by atoms with van der Waals surface area (Å²) in [7, 11) is -9.92. The van der Waals surface area contributed by atoms with Gasteiger partial charge in [0.1, 0.15) is 19.3 Å². The second-order valence-electron chi connectivity index (χ2n) is 29.9. The van der Waals surface area contributed by atoms with Gasteiger partial charge in [-0.25, -0.2) is 9.13 Å². The molecule has 3 N–H and O–H groups in total. The highest BCUT2D eigenvalue weighted by molar-refractivity contribution is 7.47. The molecule has 0 aliphatic rings. The Labute approximate surface area is 600 Å². The van der Waals surface area contributed by atoms with Crippen LogP contribution in [-0.2, 0) is 65.4 Å². The molecule has 0 bridgehead atoms. The van der Waals surface area contributed by atoms with Crippen molar-refractivity contribution in [2.45, 2.75) is 426 Å². The second-order valence-corrected chi connectivity index (χ2v) is 32.8. The van der Waals surface area contributed by atoms with Crippen LogP contribution < -0.4 is 0 Å². The molecule has 0 fully saturated rings. The fourth-order valence-electron chi connectivity index (χ4n) is 12.1. The normalized spacial score (nSPS) is 14.0. The molecular weight excluding hydrogens is 1280 g/mol. The maximum atomic E-state index is 13.1. The number of phosphoric ester groups is 2. The van der Waals surface area contributed by atoms with Crippen LogP contribution in [0.4, 0.5) is 0 Å². The number of rotatable bonds is 77. The quantitative estimate of drug-likeness (QED) is 0.0222. The Morgan fingerprint density at radius 2 is 0.469 bits per heavy atom. The van der Waals surface area contributed by atoms with Gasteiger partial charge in [-0.15, -0.1) is 0 Å². The van der Waals surface area contributed by atoms with Gasteiger partial charge in [-0.1, -0.05) is 357 Å². The summed E-state index contributed by atoms with van der Waals surface area (Å²) in [5, 5.41) is 10.6. The Bertz CT molecular complexity index is 1900. The van der Waals surface area contributed by atoms with E-state index in [1.165, 1.54) is 218 Å². The van der Waals surface area contributed by atoms with E-state index < -0.39 is 97.5 Å². The summed E-state index contributed by atoms with van der Waals surface area (Å²) in [6, 6.07) is 0. The molecule has 0 heterocycles. The number of carbonyl (C=O) groups excluding carboxylic acids is 4. The Morgan fingerprint density at radius 3 is 0.694 bits per heavy atom. The van der Waals surface area contributed by atoms with Crippen LogP contribution in [0.25, 0.3) is 0 Å². The van der Waals surface area contributed by atoms with Crippen LogP contribution in [0, 0.1) is 17.8 Å². The lowest BCUT2D eigenvalue weighted by atomic mass is 10.0. The van der Waals surface area contributed by atoms with Crippen molar-refractivity contribution in [1.29, 1.82) is 0 Å². The summed E-state index contributed by atoms with van der Waals surface area (Å²) < 4.78 is 68.7. The van der Waals surface area contributed by atoms with Gasteiger partial charge in [0, 0.05) is 25.7 Å². The van der Waals surface area contributed by atoms with Crippen LogP contribution in [0.2, 0.25) is 0 Å². The van der Waals surface area contributed by atoms with Gasteiger partial charge in [-0.3, -0.25) is 37.3 Å².